The molecule has 2 heterocycles. The van der Waals surface area contributed by atoms with Crippen LogP contribution in [0.15, 0.2) is 30.5 Å². The number of carbonyl (C=O) groups excluding carboxylic acids is 1. The van der Waals surface area contributed by atoms with Gasteiger partial charge in [-0.3, -0.25) is 4.79 Å². The Labute approximate surface area is 180 Å². The second-order valence-electron chi connectivity index (χ2n) is 8.87. The number of rotatable bonds is 3. The molecule has 1 aliphatic heterocycles. The maximum absolute atomic E-state index is 13.1. The van der Waals surface area contributed by atoms with Gasteiger partial charge >= 0.3 is 0 Å². The van der Waals surface area contributed by atoms with E-state index < -0.39 is 0 Å². The molecule has 0 bridgehead atoms. The Kier molecular flexibility index (Phi) is 4.56. The van der Waals surface area contributed by atoms with Crippen LogP contribution >= 0.6 is 23.2 Å². The number of hydrogen-bond donors (Lipinski definition) is 0. The fourth-order valence-corrected chi connectivity index (χ4v) is 5.81. The van der Waals surface area contributed by atoms with Crippen molar-refractivity contribution in [2.75, 3.05) is 0 Å². The van der Waals surface area contributed by atoms with Crippen LogP contribution in [0, 0.1) is 17.4 Å². The highest BCUT2D eigenvalue weighted by Gasteiger charge is 2.66. The minimum atomic E-state index is -0.288. The first-order chi connectivity index (χ1) is 13.6. The molecule has 0 saturated heterocycles. The fraction of sp³-hybridized carbons (Fsp3) is 0.409. The average molecular weight is 430 g/mol. The number of halogens is 2. The molecule has 0 N–H and O–H groups in total. The van der Waals surface area contributed by atoms with Gasteiger partial charge in [0.2, 0.25) is 5.69 Å². The van der Waals surface area contributed by atoms with Gasteiger partial charge in [0.05, 0.1) is 17.2 Å². The van der Waals surface area contributed by atoms with Crippen molar-refractivity contribution in [1.82, 2.24) is 9.88 Å². The zero-order chi connectivity index (χ0) is 21.1. The third-order valence-corrected chi connectivity index (χ3v) is 6.66. The lowest BCUT2D eigenvalue weighted by Crippen LogP contribution is -2.74. The van der Waals surface area contributed by atoms with E-state index in [2.05, 4.69) is 37.5 Å². The number of pyridine rings is 1. The van der Waals surface area contributed by atoms with E-state index in [4.69, 9.17) is 34.5 Å². The largest absolute Gasteiger partial charge is 0.489 e. The van der Waals surface area contributed by atoms with E-state index in [1.807, 2.05) is 4.90 Å². The van der Waals surface area contributed by atoms with Gasteiger partial charge in [0, 0.05) is 29.6 Å². The standard InChI is InChI=1S/C22H21Cl2N3O2/c1-21(2)19(27-11-12-8-17(24)26-10-14(12)18(27)28)22(3,4)20(21)29-13-6-7-16(25-5)15(23)9-13/h6-10,19-20H,11H2,1-4H3. The van der Waals surface area contributed by atoms with Crippen molar-refractivity contribution >= 4 is 34.8 Å². The molecule has 7 heteroatoms. The molecule has 1 aliphatic carbocycles. The van der Waals surface area contributed by atoms with Crippen LogP contribution in [0.25, 0.3) is 4.85 Å². The van der Waals surface area contributed by atoms with E-state index in [0.29, 0.717) is 33.7 Å². The molecule has 29 heavy (non-hydrogen) atoms. The van der Waals surface area contributed by atoms with Gasteiger partial charge in [-0.1, -0.05) is 57.0 Å². The summed E-state index contributed by atoms with van der Waals surface area (Å²) in [6, 6.07) is 6.86. The van der Waals surface area contributed by atoms with Crippen LogP contribution in [-0.4, -0.2) is 27.9 Å². The van der Waals surface area contributed by atoms with E-state index >= 15 is 0 Å². The molecular weight excluding hydrogens is 409 g/mol. The topological polar surface area (TPSA) is 46.8 Å². The molecule has 1 saturated carbocycles. The number of ether oxygens (including phenoxy) is 1. The Morgan fingerprint density at radius 1 is 1.21 bits per heavy atom. The van der Waals surface area contributed by atoms with Crippen molar-refractivity contribution < 1.29 is 9.53 Å². The SMILES string of the molecule is [C-]#[N+]c1ccc(OC2C(C)(C)C(N3Cc4cc(Cl)ncc4C3=O)C2(C)C)cc1Cl. The number of carbonyl (C=O) groups is 1. The highest BCUT2D eigenvalue weighted by Crippen LogP contribution is 2.59. The third kappa shape index (κ3) is 2.97. The van der Waals surface area contributed by atoms with Crippen LogP contribution in [-0.2, 0) is 6.54 Å². The monoisotopic (exact) mass is 429 g/mol. The molecule has 1 amide bonds. The first-order valence-corrected chi connectivity index (χ1v) is 10.1. The average Bonchev–Trinajstić information content (AvgIpc) is 2.94. The van der Waals surface area contributed by atoms with Crippen LogP contribution in [0.4, 0.5) is 5.69 Å². The minimum absolute atomic E-state index is 0.0155. The molecular formula is C22H21Cl2N3O2. The first kappa shape index (κ1) is 20.0. The molecule has 0 atom stereocenters. The quantitative estimate of drug-likeness (QED) is 0.458. The number of benzene rings is 1. The predicted molar refractivity (Wildman–Crippen MR) is 113 cm³/mol. The van der Waals surface area contributed by atoms with Crippen molar-refractivity contribution in [3.63, 3.8) is 0 Å². The van der Waals surface area contributed by atoms with Gasteiger partial charge in [-0.15, -0.1) is 0 Å². The van der Waals surface area contributed by atoms with E-state index in [9.17, 15) is 4.79 Å². The van der Waals surface area contributed by atoms with Gasteiger partial charge in [-0.25, -0.2) is 9.83 Å². The molecule has 2 aromatic rings. The Morgan fingerprint density at radius 3 is 2.52 bits per heavy atom. The molecule has 0 spiro atoms. The van der Waals surface area contributed by atoms with E-state index in [0.717, 1.165) is 5.56 Å². The molecule has 5 nitrogen and oxygen atoms in total. The molecule has 0 radical (unpaired) electrons. The number of fused-ring (bicyclic) bond motifs is 1. The molecule has 4 rings (SSSR count). The van der Waals surface area contributed by atoms with Gasteiger partial charge in [-0.05, 0) is 23.8 Å². The van der Waals surface area contributed by atoms with Crippen molar-refractivity contribution in [3.8, 4) is 5.75 Å². The second-order valence-corrected chi connectivity index (χ2v) is 9.66. The summed E-state index contributed by atoms with van der Waals surface area (Å²) in [6.45, 7) is 16.1. The van der Waals surface area contributed by atoms with Crippen LogP contribution in [0.3, 0.4) is 0 Å². The van der Waals surface area contributed by atoms with Gasteiger partial charge < -0.3 is 9.64 Å². The molecule has 150 valence electrons. The van der Waals surface area contributed by atoms with Crippen LogP contribution in [0.2, 0.25) is 10.2 Å². The Bertz CT molecular complexity index is 1040. The normalized spacial score (nSPS) is 23.9. The van der Waals surface area contributed by atoms with Crippen LogP contribution < -0.4 is 4.74 Å². The Morgan fingerprint density at radius 2 is 1.90 bits per heavy atom. The summed E-state index contributed by atoms with van der Waals surface area (Å²) in [6.07, 6.45) is 1.43. The lowest BCUT2D eigenvalue weighted by Gasteiger charge is -2.65. The van der Waals surface area contributed by atoms with Gasteiger partial charge in [0.25, 0.3) is 5.91 Å². The molecule has 1 aromatic carbocycles. The highest BCUT2D eigenvalue weighted by atomic mass is 35.5. The summed E-state index contributed by atoms with van der Waals surface area (Å²) in [5, 5.41) is 0.769. The highest BCUT2D eigenvalue weighted by molar-refractivity contribution is 6.33. The number of amides is 1. The maximum atomic E-state index is 13.1. The predicted octanol–water partition coefficient (Wildman–Crippen LogP) is 5.78. The summed E-state index contributed by atoms with van der Waals surface area (Å²) in [4.78, 5) is 22.4. The Balaban J connectivity index is 1.60. The summed E-state index contributed by atoms with van der Waals surface area (Å²) in [5.41, 5.74) is 1.35. The second kappa shape index (κ2) is 6.62. The first-order valence-electron chi connectivity index (χ1n) is 9.36. The summed E-state index contributed by atoms with van der Waals surface area (Å²) < 4.78 is 6.32. The molecule has 1 aromatic heterocycles. The molecule has 1 fully saturated rings. The maximum Gasteiger partial charge on any atom is 0.256 e. The van der Waals surface area contributed by atoms with Crippen LogP contribution in [0.1, 0.15) is 43.6 Å². The van der Waals surface area contributed by atoms with Crippen LogP contribution in [0.5, 0.6) is 5.75 Å². The van der Waals surface area contributed by atoms with Crippen molar-refractivity contribution in [2.24, 2.45) is 10.8 Å². The lowest BCUT2D eigenvalue weighted by atomic mass is 9.49. The zero-order valence-corrected chi connectivity index (χ0v) is 18.2. The smallest absolute Gasteiger partial charge is 0.256 e. The Hall–Kier alpha value is -2.29. The molecule has 0 unspecified atom stereocenters. The third-order valence-electron chi connectivity index (χ3n) is 6.15. The van der Waals surface area contributed by atoms with Crippen molar-refractivity contribution in [1.29, 1.82) is 0 Å². The fourth-order valence-electron chi connectivity index (χ4n) is 5.41. The van der Waals surface area contributed by atoms with Crippen molar-refractivity contribution in [3.05, 3.63) is 63.2 Å². The number of hydrogen-bond acceptors (Lipinski definition) is 3. The van der Waals surface area contributed by atoms with Gasteiger partial charge in [0.15, 0.2) is 0 Å². The van der Waals surface area contributed by atoms with Gasteiger partial charge in [0.1, 0.15) is 17.0 Å². The number of nitrogens with zero attached hydrogens (tertiary/aromatic N) is 3. The zero-order valence-electron chi connectivity index (χ0n) is 16.7. The van der Waals surface area contributed by atoms with Gasteiger partial charge in [-0.2, -0.15) is 0 Å². The lowest BCUT2D eigenvalue weighted by molar-refractivity contribution is -0.199. The number of aromatic nitrogens is 1. The summed E-state index contributed by atoms with van der Waals surface area (Å²) in [7, 11) is 0. The summed E-state index contributed by atoms with van der Waals surface area (Å²) in [5.74, 6) is 0.609. The van der Waals surface area contributed by atoms with E-state index in [-0.39, 0.29) is 28.9 Å². The van der Waals surface area contributed by atoms with Crippen molar-refractivity contribution in [2.45, 2.75) is 46.4 Å². The minimum Gasteiger partial charge on any atom is -0.489 e. The van der Waals surface area contributed by atoms with E-state index in [1.165, 1.54) is 0 Å². The molecule has 2 aliphatic rings. The summed E-state index contributed by atoms with van der Waals surface area (Å²) >= 11 is 12.2. The van der Waals surface area contributed by atoms with E-state index in [1.54, 1.807) is 30.5 Å².